The van der Waals surface area contributed by atoms with E-state index in [1.807, 2.05) is 155 Å². The fourth-order valence-electron chi connectivity index (χ4n) is 14.8. The van der Waals surface area contributed by atoms with Crippen molar-refractivity contribution in [2.45, 2.75) is 364 Å². The number of aryl methyl sites for hydroxylation is 10. The number of rotatable bonds is 11. The number of nitrogens with one attached hydrogen (secondary N) is 1. The van der Waals surface area contributed by atoms with Crippen LogP contribution < -0.4 is 11.3 Å². The molecular weight excluding hydrogens is 1220 g/mol. The van der Waals surface area contributed by atoms with Crippen molar-refractivity contribution in [1.29, 1.82) is 0 Å². The molecule has 5 aromatic carbocycles. The quantitative estimate of drug-likeness (QED) is 0.0298. The number of Topliss-reactive ketones (excluding diaryl/α,β-unsaturated/α-hetero) is 3. The molecule has 0 heterocycles. The van der Waals surface area contributed by atoms with E-state index in [2.05, 4.69) is 70.6 Å². The number of hydrazine groups is 1. The Morgan fingerprint density at radius 1 is 0.404 bits per heavy atom. The molecule has 8 aliphatic rings. The maximum Gasteiger partial charge on any atom is 0.335 e. The summed E-state index contributed by atoms with van der Waals surface area (Å²) in [7, 11) is 2.18. The van der Waals surface area contributed by atoms with Crippen molar-refractivity contribution >= 4 is 36.5 Å². The lowest BCUT2D eigenvalue weighted by atomic mass is 9.77. The van der Waals surface area contributed by atoms with Crippen LogP contribution in [0.1, 0.15) is 409 Å². The van der Waals surface area contributed by atoms with E-state index in [1.165, 1.54) is 195 Å². The largest absolute Gasteiger partial charge is 0.478 e. The molecule has 0 saturated heterocycles. The lowest BCUT2D eigenvalue weighted by Crippen LogP contribution is -2.30. The van der Waals surface area contributed by atoms with Gasteiger partial charge in [0.25, 0.3) is 5.91 Å². The van der Waals surface area contributed by atoms with E-state index in [1.54, 1.807) is 37.5 Å². The van der Waals surface area contributed by atoms with Gasteiger partial charge in [0.15, 0.2) is 17.3 Å². The number of carbonyl (C=O) groups excluding carboxylic acids is 4. The number of ketones is 3. The summed E-state index contributed by atoms with van der Waals surface area (Å²) >= 11 is 0. The van der Waals surface area contributed by atoms with Crippen LogP contribution in [0.5, 0.6) is 0 Å². The molecule has 0 bridgehead atoms. The number of carboxylic acids is 1. The third kappa shape index (κ3) is 29.2. The van der Waals surface area contributed by atoms with Crippen molar-refractivity contribution in [2.24, 2.45) is 5.84 Å². The Balaban J connectivity index is 0. The van der Waals surface area contributed by atoms with Crippen molar-refractivity contribution in [3.05, 3.63) is 172 Å². The van der Waals surface area contributed by atoms with Crippen LogP contribution in [-0.2, 0) is 70.6 Å². The molecular formula is C90H146BN2O6. The van der Waals surface area contributed by atoms with Gasteiger partial charge in [-0.15, -0.1) is 0 Å². The summed E-state index contributed by atoms with van der Waals surface area (Å²) in [4.78, 5) is 56.7. The van der Waals surface area contributed by atoms with Crippen LogP contribution in [0.25, 0.3) is 0 Å². The lowest BCUT2D eigenvalue weighted by molar-refractivity contribution is 0.0695. The van der Waals surface area contributed by atoms with E-state index in [4.69, 9.17) is 10.9 Å². The van der Waals surface area contributed by atoms with Gasteiger partial charge < -0.3 is 5.11 Å². The second-order valence-electron chi connectivity index (χ2n) is 24.5. The molecule has 9 heteroatoms. The lowest BCUT2D eigenvalue weighted by Gasteiger charge is -2.22. The minimum absolute atomic E-state index is 0.173. The van der Waals surface area contributed by atoms with Gasteiger partial charge in [-0.3, -0.25) is 24.6 Å². The van der Waals surface area contributed by atoms with E-state index in [0.29, 0.717) is 5.56 Å². The highest BCUT2D eigenvalue weighted by Crippen LogP contribution is 2.45. The molecule has 8 nitrogen and oxygen atoms in total. The standard InChI is InChI=1S/C16H22O.C14H16O.C13H16N2O.C13H14O2.C12H14O.C4H10B.9C2H6/c1-3-4-5-7-13-10-15(12(2)17)11-14-8-6-9-16(13)14;1-9(15)13-7-11-4-2-3-10-5-6-12(8-13)14(10)11;14-15-13(16)11-6-9-3-1-2-8-4-5-10(7-11)12(8)9;14-13(15)11-6-9-3-1-2-8-4-5-10(7-11)12(8)9;1-8-6-11(9(2)13)7-10-4-3-5-12(8)10;1-3-4-5-2;9*1-2/h10-11H,3-9H2,1-2H3;7-8,10H,2-6H2,1H3;6-8H,1-5,14H2,(H,15,16);6-8H,1-5H2,(H,14,15);6-7H,3-5H2,1-2H3;3-4H2,1-2H3;9*1-2H3. The Kier molecular flexibility index (Phi) is 53.5. The number of nitrogen functional groups attached to an aromatic ring is 1. The zero-order valence-electron chi connectivity index (χ0n) is 68.2. The predicted molar refractivity (Wildman–Crippen MR) is 434 cm³/mol. The van der Waals surface area contributed by atoms with Crippen LogP contribution in [-0.4, -0.2) is 41.6 Å². The van der Waals surface area contributed by atoms with Crippen LogP contribution >= 0.6 is 0 Å². The van der Waals surface area contributed by atoms with E-state index in [-0.39, 0.29) is 23.3 Å². The average molecular weight is 1360 g/mol. The number of carbonyl (C=O) groups is 5. The molecule has 0 fully saturated rings. The van der Waals surface area contributed by atoms with Gasteiger partial charge in [-0.2, -0.15) is 0 Å². The molecule has 555 valence electrons. The van der Waals surface area contributed by atoms with Gasteiger partial charge in [-0.1, -0.05) is 171 Å². The van der Waals surface area contributed by atoms with E-state index in [0.717, 1.165) is 85.0 Å². The number of nitrogens with two attached hydrogens (primary N) is 1. The molecule has 1 amide bonds. The van der Waals surface area contributed by atoms with Gasteiger partial charge >= 0.3 is 5.97 Å². The first kappa shape index (κ1) is 95.1. The molecule has 0 spiro atoms. The van der Waals surface area contributed by atoms with Gasteiger partial charge in [0.1, 0.15) is 7.28 Å². The highest BCUT2D eigenvalue weighted by atomic mass is 16.4. The van der Waals surface area contributed by atoms with Crippen molar-refractivity contribution in [1.82, 2.24) is 5.43 Å². The molecule has 3 atom stereocenters. The molecule has 0 aromatic heterocycles. The number of aromatic carboxylic acids is 1. The third-order valence-electron chi connectivity index (χ3n) is 18.8. The van der Waals surface area contributed by atoms with Gasteiger partial charge in [-0.25, -0.2) is 10.6 Å². The van der Waals surface area contributed by atoms with Gasteiger partial charge in [-0.05, 0) is 337 Å². The summed E-state index contributed by atoms with van der Waals surface area (Å²) < 4.78 is 0. The molecule has 0 saturated carbocycles. The first-order chi connectivity index (χ1) is 48.1. The number of hydrogen-bond donors (Lipinski definition) is 3. The maximum absolute atomic E-state index is 11.5. The van der Waals surface area contributed by atoms with Crippen LogP contribution in [0.2, 0.25) is 13.1 Å². The molecule has 5 aromatic rings. The fourth-order valence-corrected chi connectivity index (χ4v) is 14.8. The van der Waals surface area contributed by atoms with Gasteiger partial charge in [0, 0.05) is 22.3 Å². The number of fused-ring (bicyclic) bond motifs is 2. The normalized spacial score (nSPS) is 15.5. The highest BCUT2D eigenvalue weighted by molar-refractivity contribution is 6.33. The first-order valence-electron chi connectivity index (χ1n) is 40.4. The van der Waals surface area contributed by atoms with Crippen LogP contribution in [0.15, 0.2) is 60.7 Å². The number of amides is 1. The molecule has 0 aliphatic heterocycles. The van der Waals surface area contributed by atoms with Crippen molar-refractivity contribution in [2.75, 3.05) is 0 Å². The minimum Gasteiger partial charge on any atom is -0.478 e. The zero-order chi connectivity index (χ0) is 75.7. The smallest absolute Gasteiger partial charge is 0.335 e. The average Bonchev–Trinajstić information content (AvgIpc) is 1.44. The summed E-state index contributed by atoms with van der Waals surface area (Å²) in [6, 6.07) is 20.4. The Morgan fingerprint density at radius 3 is 1.07 bits per heavy atom. The molecule has 4 N–H and O–H groups in total. The number of hydrogen-bond acceptors (Lipinski definition) is 6. The van der Waals surface area contributed by atoms with E-state index >= 15 is 0 Å². The minimum atomic E-state index is -0.789. The summed E-state index contributed by atoms with van der Waals surface area (Å²) in [6.07, 6.45) is 33.1. The van der Waals surface area contributed by atoms with Crippen molar-refractivity contribution < 1.29 is 29.1 Å². The Morgan fingerprint density at radius 2 is 0.727 bits per heavy atom. The van der Waals surface area contributed by atoms with Crippen LogP contribution in [0, 0.1) is 6.92 Å². The second-order valence-corrected chi connectivity index (χ2v) is 24.5. The summed E-state index contributed by atoms with van der Waals surface area (Å²) in [5, 5.41) is 9.02. The topological polar surface area (TPSA) is 144 Å². The molecule has 1 radical (unpaired) electrons. The molecule has 8 aliphatic carbocycles. The highest BCUT2D eigenvalue weighted by Gasteiger charge is 2.32. The number of benzene rings is 5. The molecule has 3 unspecified atom stereocenters. The summed E-state index contributed by atoms with van der Waals surface area (Å²) in [5.41, 5.74) is 27.6. The Labute approximate surface area is 609 Å². The number of unbranched alkanes of at least 4 members (excludes halogenated alkanes) is 2. The van der Waals surface area contributed by atoms with Gasteiger partial charge in [0.05, 0.1) is 5.56 Å². The Hall–Kier alpha value is -5.93. The molecule has 99 heavy (non-hydrogen) atoms. The van der Waals surface area contributed by atoms with Crippen LogP contribution in [0.3, 0.4) is 0 Å². The summed E-state index contributed by atoms with van der Waals surface area (Å²) in [5.74, 6) is 7.11. The van der Waals surface area contributed by atoms with Crippen LogP contribution in [0.4, 0.5) is 0 Å². The fraction of sp³-hybridized carbons (Fsp3) is 0.611. The SMILES string of the molecule is CC.CC.CC.CC.CC.CC.CC.CC.CC.CC(=O)c1cc(C)c2c(c1)CCC2.CC(=O)c1cc2c3c(c1)CCC3CCC2.CCCCCc1cc(C(C)=O)cc2c1CCC2.C[B]CCC.NNC(=O)c1cc2c3c(c1)CCC3CCC2.O=C(O)c1cc2c3c(c1)CCC3CCC2. The Bertz CT molecular complexity index is 3030. The molecule has 13 rings (SSSR count). The third-order valence-corrected chi connectivity index (χ3v) is 18.8. The first-order valence-corrected chi connectivity index (χ1v) is 40.4. The van der Waals surface area contributed by atoms with E-state index < -0.39 is 5.97 Å². The zero-order valence-corrected chi connectivity index (χ0v) is 68.2. The number of carboxylic acid groups (broad SMARTS) is 1. The predicted octanol–water partition coefficient (Wildman–Crippen LogP) is 25.3. The van der Waals surface area contributed by atoms with Gasteiger partial charge in [0.2, 0.25) is 0 Å². The van der Waals surface area contributed by atoms with Crippen molar-refractivity contribution in [3.8, 4) is 0 Å². The maximum atomic E-state index is 11.5. The monoisotopic (exact) mass is 1360 g/mol. The second kappa shape index (κ2) is 55.7. The van der Waals surface area contributed by atoms with Crippen molar-refractivity contribution in [3.63, 3.8) is 0 Å². The van der Waals surface area contributed by atoms with E-state index in [9.17, 15) is 24.0 Å². The summed E-state index contributed by atoms with van der Waals surface area (Å²) in [6.45, 7) is 49.6.